The number of aryl methyl sites for hydroxylation is 1. The minimum absolute atomic E-state index is 0.208. The number of nitrogens with two attached hydrogens (primary N) is 1. The van der Waals surface area contributed by atoms with E-state index in [1.54, 1.807) is 29.2 Å². The molecular weight excluding hydrogens is 194 g/mol. The van der Waals surface area contributed by atoms with Gasteiger partial charge in [0.2, 0.25) is 0 Å². The molecule has 2 aromatic heterocycles. The standard InChI is InChI=1S/C9H11N5O/c1-13-6-11-12-8(13)5-14-4-2-3-7(10)9(14)15/h2-4,6H,5,10H2,1H3. The van der Waals surface area contributed by atoms with Crippen LogP contribution in [-0.4, -0.2) is 19.3 Å². The van der Waals surface area contributed by atoms with Crippen molar-refractivity contribution in [1.82, 2.24) is 19.3 Å². The smallest absolute Gasteiger partial charge is 0.274 e. The summed E-state index contributed by atoms with van der Waals surface area (Å²) in [6.45, 7) is 0.375. The van der Waals surface area contributed by atoms with Gasteiger partial charge in [0, 0.05) is 13.2 Å². The van der Waals surface area contributed by atoms with Crippen LogP contribution in [0.1, 0.15) is 5.82 Å². The molecule has 0 fully saturated rings. The lowest BCUT2D eigenvalue weighted by molar-refractivity contribution is 0.678. The van der Waals surface area contributed by atoms with Crippen LogP contribution in [0.25, 0.3) is 0 Å². The van der Waals surface area contributed by atoms with Crippen LogP contribution >= 0.6 is 0 Å². The van der Waals surface area contributed by atoms with Crippen LogP contribution in [0.15, 0.2) is 29.5 Å². The molecule has 6 heteroatoms. The summed E-state index contributed by atoms with van der Waals surface area (Å²) in [6, 6.07) is 3.31. The molecule has 0 aliphatic rings. The third-order valence-electron chi connectivity index (χ3n) is 2.17. The summed E-state index contributed by atoms with van der Waals surface area (Å²) in [7, 11) is 1.83. The monoisotopic (exact) mass is 205 g/mol. The highest BCUT2D eigenvalue weighted by Gasteiger charge is 2.04. The zero-order valence-electron chi connectivity index (χ0n) is 8.29. The van der Waals surface area contributed by atoms with Crippen molar-refractivity contribution in [2.24, 2.45) is 7.05 Å². The van der Waals surface area contributed by atoms with Gasteiger partial charge in [-0.05, 0) is 12.1 Å². The van der Waals surface area contributed by atoms with Gasteiger partial charge in [-0.1, -0.05) is 0 Å². The average Bonchev–Trinajstić information content (AvgIpc) is 2.60. The quantitative estimate of drug-likeness (QED) is 0.724. The molecule has 0 spiro atoms. The molecule has 2 rings (SSSR count). The Morgan fingerprint density at radius 3 is 3.00 bits per heavy atom. The van der Waals surface area contributed by atoms with Crippen LogP contribution in [0.4, 0.5) is 5.69 Å². The first-order chi connectivity index (χ1) is 7.18. The van der Waals surface area contributed by atoms with Crippen LogP contribution < -0.4 is 11.3 Å². The second kappa shape index (κ2) is 3.56. The Kier molecular flexibility index (Phi) is 2.24. The van der Waals surface area contributed by atoms with Crippen molar-refractivity contribution in [2.75, 3.05) is 5.73 Å². The number of rotatable bonds is 2. The first kappa shape index (κ1) is 9.45. The van der Waals surface area contributed by atoms with E-state index in [9.17, 15) is 4.79 Å². The molecule has 2 aromatic rings. The highest BCUT2D eigenvalue weighted by molar-refractivity contribution is 5.33. The van der Waals surface area contributed by atoms with Gasteiger partial charge in [0.25, 0.3) is 5.56 Å². The molecule has 0 bridgehead atoms. The van der Waals surface area contributed by atoms with E-state index >= 15 is 0 Å². The van der Waals surface area contributed by atoms with Crippen molar-refractivity contribution in [3.63, 3.8) is 0 Å². The zero-order chi connectivity index (χ0) is 10.8. The van der Waals surface area contributed by atoms with E-state index in [0.29, 0.717) is 12.4 Å². The van der Waals surface area contributed by atoms with Gasteiger partial charge in [-0.3, -0.25) is 4.79 Å². The van der Waals surface area contributed by atoms with Gasteiger partial charge >= 0.3 is 0 Å². The maximum absolute atomic E-state index is 11.6. The number of nitrogens with zero attached hydrogens (tertiary/aromatic N) is 4. The van der Waals surface area contributed by atoms with Gasteiger partial charge in [0.1, 0.15) is 6.33 Å². The molecule has 0 saturated heterocycles. The molecule has 0 radical (unpaired) electrons. The van der Waals surface area contributed by atoms with Crippen LogP contribution in [0.3, 0.4) is 0 Å². The summed E-state index contributed by atoms with van der Waals surface area (Å²) in [5, 5.41) is 7.63. The fraction of sp³-hybridized carbons (Fsp3) is 0.222. The van der Waals surface area contributed by atoms with Crippen molar-refractivity contribution in [3.8, 4) is 0 Å². The van der Waals surface area contributed by atoms with E-state index in [0.717, 1.165) is 0 Å². The average molecular weight is 205 g/mol. The summed E-state index contributed by atoms with van der Waals surface area (Å²) < 4.78 is 3.26. The van der Waals surface area contributed by atoms with Gasteiger partial charge in [-0.2, -0.15) is 0 Å². The molecule has 15 heavy (non-hydrogen) atoms. The number of hydrogen-bond acceptors (Lipinski definition) is 4. The number of nitrogen functional groups attached to an aromatic ring is 1. The summed E-state index contributed by atoms with van der Waals surface area (Å²) in [5.41, 5.74) is 5.54. The molecule has 0 aromatic carbocycles. The van der Waals surface area contributed by atoms with Gasteiger partial charge in [-0.25, -0.2) is 0 Å². The molecule has 2 heterocycles. The van der Waals surface area contributed by atoms with Crippen LogP contribution in [0.2, 0.25) is 0 Å². The molecule has 0 aliphatic heterocycles. The molecular formula is C9H11N5O. The molecule has 0 unspecified atom stereocenters. The van der Waals surface area contributed by atoms with Gasteiger partial charge in [0.15, 0.2) is 5.82 Å². The third kappa shape index (κ3) is 1.74. The number of hydrogen-bond donors (Lipinski definition) is 1. The van der Waals surface area contributed by atoms with Crippen molar-refractivity contribution in [2.45, 2.75) is 6.54 Å². The largest absolute Gasteiger partial charge is 0.394 e. The Bertz CT molecular complexity index is 527. The zero-order valence-corrected chi connectivity index (χ0v) is 8.29. The normalized spacial score (nSPS) is 10.5. The van der Waals surface area contributed by atoms with Crippen molar-refractivity contribution >= 4 is 5.69 Å². The maximum atomic E-state index is 11.6. The van der Waals surface area contributed by atoms with E-state index in [1.165, 1.54) is 4.57 Å². The second-order valence-electron chi connectivity index (χ2n) is 3.25. The van der Waals surface area contributed by atoms with Crippen molar-refractivity contribution < 1.29 is 0 Å². The Morgan fingerprint density at radius 2 is 2.33 bits per heavy atom. The first-order valence-corrected chi connectivity index (χ1v) is 4.46. The van der Waals surface area contributed by atoms with E-state index in [2.05, 4.69) is 10.2 Å². The molecule has 2 N–H and O–H groups in total. The first-order valence-electron chi connectivity index (χ1n) is 4.46. The Hall–Kier alpha value is -2.11. The van der Waals surface area contributed by atoms with Crippen molar-refractivity contribution in [1.29, 1.82) is 0 Å². The van der Waals surface area contributed by atoms with Gasteiger partial charge in [-0.15, -0.1) is 10.2 Å². The molecule has 0 aliphatic carbocycles. The molecule has 6 nitrogen and oxygen atoms in total. The lowest BCUT2D eigenvalue weighted by Crippen LogP contribution is -2.23. The van der Waals surface area contributed by atoms with Crippen LogP contribution in [0, 0.1) is 0 Å². The Labute approximate surface area is 86.0 Å². The number of anilines is 1. The predicted octanol–water partition coefficient (Wildman–Crippen LogP) is -0.393. The second-order valence-corrected chi connectivity index (χ2v) is 3.25. The fourth-order valence-corrected chi connectivity index (χ4v) is 1.28. The molecule has 0 atom stereocenters. The van der Waals surface area contributed by atoms with E-state index in [4.69, 9.17) is 5.73 Å². The van der Waals surface area contributed by atoms with E-state index in [1.807, 2.05) is 7.05 Å². The van der Waals surface area contributed by atoms with Crippen molar-refractivity contribution in [3.05, 3.63) is 40.8 Å². The van der Waals surface area contributed by atoms with E-state index < -0.39 is 0 Å². The summed E-state index contributed by atoms with van der Waals surface area (Å²) in [6.07, 6.45) is 3.26. The van der Waals surface area contributed by atoms with Gasteiger partial charge < -0.3 is 14.9 Å². The Balaban J connectivity index is 2.37. The van der Waals surface area contributed by atoms with E-state index in [-0.39, 0.29) is 11.2 Å². The lowest BCUT2D eigenvalue weighted by Gasteiger charge is -2.04. The van der Waals surface area contributed by atoms with Gasteiger partial charge in [0.05, 0.1) is 12.2 Å². The summed E-state index contributed by atoms with van der Waals surface area (Å²) in [5.74, 6) is 0.711. The molecule has 0 amide bonds. The van der Waals surface area contributed by atoms with Crippen LogP contribution in [0.5, 0.6) is 0 Å². The molecule has 78 valence electrons. The molecule has 0 saturated carbocycles. The lowest BCUT2D eigenvalue weighted by atomic mass is 10.4. The third-order valence-corrected chi connectivity index (χ3v) is 2.17. The van der Waals surface area contributed by atoms with Crippen LogP contribution in [-0.2, 0) is 13.6 Å². The minimum atomic E-state index is -0.208. The Morgan fingerprint density at radius 1 is 1.53 bits per heavy atom. The number of pyridine rings is 1. The minimum Gasteiger partial charge on any atom is -0.394 e. The maximum Gasteiger partial charge on any atom is 0.274 e. The predicted molar refractivity (Wildman–Crippen MR) is 55.2 cm³/mol. The fourth-order valence-electron chi connectivity index (χ4n) is 1.28. The SMILES string of the molecule is Cn1cnnc1Cn1cccc(N)c1=O. The number of aromatic nitrogens is 4. The summed E-state index contributed by atoms with van der Waals surface area (Å²) in [4.78, 5) is 11.6. The summed E-state index contributed by atoms with van der Waals surface area (Å²) >= 11 is 0. The highest BCUT2D eigenvalue weighted by Crippen LogP contribution is 1.97. The highest BCUT2D eigenvalue weighted by atomic mass is 16.1. The topological polar surface area (TPSA) is 78.7 Å².